The molecule has 1 rings (SSSR count). The van der Waals surface area contributed by atoms with Gasteiger partial charge in [0.25, 0.3) is 0 Å². The lowest BCUT2D eigenvalue weighted by Crippen LogP contribution is -2.43. The van der Waals surface area contributed by atoms with Gasteiger partial charge < -0.3 is 9.64 Å². The second-order valence-electron chi connectivity index (χ2n) is 4.45. The molecule has 17 heavy (non-hydrogen) atoms. The molecule has 1 unspecified atom stereocenters. The van der Waals surface area contributed by atoms with Crippen molar-refractivity contribution in [3.8, 4) is 6.07 Å². The van der Waals surface area contributed by atoms with E-state index in [1.165, 1.54) is 0 Å². The number of nitriles is 1. The van der Waals surface area contributed by atoms with Gasteiger partial charge in [0.1, 0.15) is 5.92 Å². The van der Waals surface area contributed by atoms with E-state index >= 15 is 0 Å². The van der Waals surface area contributed by atoms with Crippen LogP contribution in [0.1, 0.15) is 39.5 Å². The van der Waals surface area contributed by atoms with Crippen LogP contribution in [0.25, 0.3) is 0 Å². The van der Waals surface area contributed by atoms with E-state index in [1.807, 2.05) is 18.7 Å². The number of hydrogen-bond acceptors (Lipinski definition) is 3. The molecule has 1 amide bonds. The van der Waals surface area contributed by atoms with Gasteiger partial charge >= 0.3 is 0 Å². The smallest absolute Gasteiger partial charge is 0.239 e. The normalized spacial score (nSPS) is 18.8. The largest absolute Gasteiger partial charge is 0.378 e. The fraction of sp³-hybridized carbons (Fsp3) is 0.846. The van der Waals surface area contributed by atoms with E-state index in [2.05, 4.69) is 6.07 Å². The Bertz CT molecular complexity index is 278. The van der Waals surface area contributed by atoms with Gasteiger partial charge in [-0.2, -0.15) is 5.26 Å². The van der Waals surface area contributed by atoms with Crippen molar-refractivity contribution >= 4 is 5.91 Å². The first-order valence-corrected chi connectivity index (χ1v) is 6.52. The molecular weight excluding hydrogens is 216 g/mol. The molecule has 96 valence electrons. The molecule has 0 aliphatic carbocycles. The summed E-state index contributed by atoms with van der Waals surface area (Å²) >= 11 is 0. The highest BCUT2D eigenvalue weighted by Gasteiger charge is 2.27. The predicted octanol–water partition coefficient (Wildman–Crippen LogP) is 1.95. The fourth-order valence-corrected chi connectivity index (χ4v) is 2.23. The molecule has 1 saturated heterocycles. The summed E-state index contributed by atoms with van der Waals surface area (Å²) in [7, 11) is 0. The Hall–Kier alpha value is -1.08. The number of nitrogens with zero attached hydrogens (tertiary/aromatic N) is 2. The zero-order valence-electron chi connectivity index (χ0n) is 10.8. The second-order valence-corrected chi connectivity index (χ2v) is 4.45. The van der Waals surface area contributed by atoms with E-state index in [1.54, 1.807) is 0 Å². The Balaban J connectivity index is 2.42. The first-order valence-electron chi connectivity index (χ1n) is 6.52. The van der Waals surface area contributed by atoms with Gasteiger partial charge in [0.05, 0.1) is 12.2 Å². The minimum atomic E-state index is -0.455. The first kappa shape index (κ1) is 14.0. The maximum atomic E-state index is 12.0. The van der Waals surface area contributed by atoms with Gasteiger partial charge in [0.2, 0.25) is 5.91 Å². The molecule has 0 bridgehead atoms. The lowest BCUT2D eigenvalue weighted by molar-refractivity contribution is -0.136. The molecule has 0 saturated carbocycles. The third-order valence-corrected chi connectivity index (χ3v) is 3.19. The summed E-state index contributed by atoms with van der Waals surface area (Å²) in [4.78, 5) is 13.9. The SMILES string of the molecule is CCCC(C#N)C(=O)N1CCC(OCC)CC1. The Labute approximate surface area is 104 Å². The molecule has 1 atom stereocenters. The number of rotatable bonds is 5. The van der Waals surface area contributed by atoms with Gasteiger partial charge in [0.15, 0.2) is 0 Å². The molecule has 1 fully saturated rings. The van der Waals surface area contributed by atoms with Crippen LogP contribution in [-0.2, 0) is 9.53 Å². The summed E-state index contributed by atoms with van der Waals surface area (Å²) < 4.78 is 5.54. The number of hydrogen-bond donors (Lipinski definition) is 0. The minimum absolute atomic E-state index is 0.00398. The fourth-order valence-electron chi connectivity index (χ4n) is 2.23. The quantitative estimate of drug-likeness (QED) is 0.735. The topological polar surface area (TPSA) is 53.3 Å². The van der Waals surface area contributed by atoms with Crippen LogP contribution < -0.4 is 0 Å². The highest BCUT2D eigenvalue weighted by Crippen LogP contribution is 2.17. The summed E-state index contributed by atoms with van der Waals surface area (Å²) in [5.74, 6) is -0.451. The van der Waals surface area contributed by atoms with E-state index in [0.717, 1.165) is 39.0 Å². The van der Waals surface area contributed by atoms with Crippen LogP contribution in [0.4, 0.5) is 0 Å². The molecule has 0 aromatic heterocycles. The van der Waals surface area contributed by atoms with E-state index < -0.39 is 5.92 Å². The summed E-state index contributed by atoms with van der Waals surface area (Å²) in [5, 5.41) is 8.97. The lowest BCUT2D eigenvalue weighted by Gasteiger charge is -2.32. The van der Waals surface area contributed by atoms with Crippen LogP contribution in [0.5, 0.6) is 0 Å². The van der Waals surface area contributed by atoms with Gasteiger partial charge in [-0.25, -0.2) is 0 Å². The number of likely N-dealkylation sites (tertiary alicyclic amines) is 1. The molecule has 0 aromatic rings. The summed E-state index contributed by atoms with van der Waals surface area (Å²) in [6, 6.07) is 2.11. The van der Waals surface area contributed by atoms with Crippen LogP contribution in [-0.4, -0.2) is 36.6 Å². The van der Waals surface area contributed by atoms with Crippen LogP contribution in [0.3, 0.4) is 0 Å². The molecule has 4 nitrogen and oxygen atoms in total. The Morgan fingerprint density at radius 3 is 2.59 bits per heavy atom. The Morgan fingerprint density at radius 1 is 1.47 bits per heavy atom. The van der Waals surface area contributed by atoms with Crippen LogP contribution in [0.2, 0.25) is 0 Å². The van der Waals surface area contributed by atoms with Gasteiger partial charge in [-0.1, -0.05) is 13.3 Å². The molecule has 0 aromatic carbocycles. The zero-order valence-corrected chi connectivity index (χ0v) is 10.8. The van der Waals surface area contributed by atoms with Crippen molar-refractivity contribution in [3.63, 3.8) is 0 Å². The van der Waals surface area contributed by atoms with Gasteiger partial charge in [-0.3, -0.25) is 4.79 Å². The highest BCUT2D eigenvalue weighted by molar-refractivity contribution is 5.81. The standard InChI is InChI=1S/C13H22N2O2/c1-3-5-11(10-14)13(16)15-8-6-12(7-9-15)17-4-2/h11-12H,3-9H2,1-2H3. The molecule has 1 heterocycles. The van der Waals surface area contributed by atoms with Crippen molar-refractivity contribution in [3.05, 3.63) is 0 Å². The summed E-state index contributed by atoms with van der Waals surface area (Å²) in [5.41, 5.74) is 0. The molecule has 0 spiro atoms. The molecule has 4 heteroatoms. The first-order chi connectivity index (χ1) is 8.22. The van der Waals surface area contributed by atoms with E-state index in [9.17, 15) is 4.79 Å². The number of carbonyl (C=O) groups is 1. The third kappa shape index (κ3) is 4.01. The predicted molar refractivity (Wildman–Crippen MR) is 65.2 cm³/mol. The monoisotopic (exact) mass is 238 g/mol. The van der Waals surface area contributed by atoms with Crippen molar-refractivity contribution in [2.24, 2.45) is 5.92 Å². The molecular formula is C13H22N2O2. The van der Waals surface area contributed by atoms with Crippen molar-refractivity contribution in [2.45, 2.75) is 45.6 Å². The van der Waals surface area contributed by atoms with Gasteiger partial charge in [-0.05, 0) is 26.2 Å². The second kappa shape index (κ2) is 7.29. The lowest BCUT2D eigenvalue weighted by atomic mass is 10.0. The molecule has 1 aliphatic heterocycles. The van der Waals surface area contributed by atoms with Gasteiger partial charge in [0, 0.05) is 19.7 Å². The van der Waals surface area contributed by atoms with E-state index in [0.29, 0.717) is 6.42 Å². The van der Waals surface area contributed by atoms with Crippen molar-refractivity contribution in [2.75, 3.05) is 19.7 Å². The molecule has 0 N–H and O–H groups in total. The average molecular weight is 238 g/mol. The summed E-state index contributed by atoms with van der Waals surface area (Å²) in [6.45, 7) is 6.18. The van der Waals surface area contributed by atoms with E-state index in [-0.39, 0.29) is 12.0 Å². The number of carbonyl (C=O) groups excluding carboxylic acids is 1. The van der Waals surface area contributed by atoms with E-state index in [4.69, 9.17) is 10.00 Å². The Kier molecular flexibility index (Phi) is 5.99. The van der Waals surface area contributed by atoms with Gasteiger partial charge in [-0.15, -0.1) is 0 Å². The molecule has 1 aliphatic rings. The van der Waals surface area contributed by atoms with Crippen molar-refractivity contribution in [1.82, 2.24) is 4.90 Å². The van der Waals surface area contributed by atoms with Crippen molar-refractivity contribution in [1.29, 1.82) is 5.26 Å². The zero-order chi connectivity index (χ0) is 12.7. The Morgan fingerprint density at radius 2 is 2.12 bits per heavy atom. The maximum Gasteiger partial charge on any atom is 0.239 e. The molecule has 0 radical (unpaired) electrons. The average Bonchev–Trinajstić information content (AvgIpc) is 2.36. The number of amides is 1. The maximum absolute atomic E-state index is 12.0. The number of ether oxygens (including phenoxy) is 1. The summed E-state index contributed by atoms with van der Waals surface area (Å²) in [6.07, 6.45) is 3.61. The highest BCUT2D eigenvalue weighted by atomic mass is 16.5. The van der Waals surface area contributed by atoms with Crippen molar-refractivity contribution < 1.29 is 9.53 Å². The third-order valence-electron chi connectivity index (χ3n) is 3.19. The number of piperidine rings is 1. The van der Waals surface area contributed by atoms with Crippen LogP contribution in [0.15, 0.2) is 0 Å². The van der Waals surface area contributed by atoms with Crippen LogP contribution >= 0.6 is 0 Å². The minimum Gasteiger partial charge on any atom is -0.378 e. The van der Waals surface area contributed by atoms with Crippen LogP contribution in [0, 0.1) is 17.2 Å².